The molecule has 2 N–H and O–H groups in total. The number of nitrogens with zero attached hydrogens (tertiary/aromatic N) is 1. The first-order valence-electron chi connectivity index (χ1n) is 9.83. The number of halogens is 3. The third-order valence-electron chi connectivity index (χ3n) is 5.69. The highest BCUT2D eigenvalue weighted by Gasteiger charge is 2.32. The number of phenolic OH excluding ortho intramolecular Hbond substituents is 1. The van der Waals surface area contributed by atoms with E-state index in [2.05, 4.69) is 0 Å². The molecule has 31 heavy (non-hydrogen) atoms. The summed E-state index contributed by atoms with van der Waals surface area (Å²) in [6.07, 6.45) is 1.01. The Morgan fingerprint density at radius 3 is 2.42 bits per heavy atom. The molecule has 0 radical (unpaired) electrons. The number of fused-ring (bicyclic) bond motifs is 1. The van der Waals surface area contributed by atoms with Gasteiger partial charge in [0.2, 0.25) is 0 Å². The van der Waals surface area contributed by atoms with E-state index in [4.69, 9.17) is 23.2 Å². The lowest BCUT2D eigenvalue weighted by molar-refractivity contribution is -0.139. The minimum absolute atomic E-state index is 0.0602. The van der Waals surface area contributed by atoms with Crippen LogP contribution in [0.1, 0.15) is 54.2 Å². The monoisotopic (exact) mass is 465 g/mol. The van der Waals surface area contributed by atoms with Gasteiger partial charge < -0.3 is 10.2 Å². The van der Waals surface area contributed by atoms with Crippen LogP contribution in [-0.2, 0) is 4.79 Å². The van der Waals surface area contributed by atoms with Crippen molar-refractivity contribution >= 4 is 46.0 Å². The first-order chi connectivity index (χ1) is 14.6. The number of carbonyl (C=O) groups excluding carboxylic acids is 1. The van der Waals surface area contributed by atoms with Crippen molar-refractivity contribution in [1.82, 2.24) is 4.57 Å². The van der Waals surface area contributed by atoms with Gasteiger partial charge in [-0.25, -0.2) is 4.39 Å². The Morgan fingerprint density at radius 1 is 1.16 bits per heavy atom. The third-order valence-corrected chi connectivity index (χ3v) is 6.43. The zero-order chi connectivity index (χ0) is 23.0. The lowest BCUT2D eigenvalue weighted by Gasteiger charge is -2.18. The predicted octanol–water partition coefficient (Wildman–Crippen LogP) is 6.39. The Balaban J connectivity index is 2.32. The number of aromatic nitrogens is 1. The van der Waals surface area contributed by atoms with Crippen molar-refractivity contribution in [1.29, 1.82) is 0 Å². The van der Waals surface area contributed by atoms with Crippen molar-refractivity contribution in [3.05, 3.63) is 63.0 Å². The first kappa shape index (κ1) is 23.1. The van der Waals surface area contributed by atoms with Crippen molar-refractivity contribution in [2.45, 2.75) is 39.5 Å². The van der Waals surface area contributed by atoms with E-state index in [0.29, 0.717) is 5.69 Å². The fraction of sp³-hybridized carbons (Fsp3) is 0.304. The van der Waals surface area contributed by atoms with Crippen molar-refractivity contribution in [2.75, 3.05) is 0 Å². The van der Waals surface area contributed by atoms with Crippen molar-refractivity contribution in [3.63, 3.8) is 0 Å². The van der Waals surface area contributed by atoms with Gasteiger partial charge in [-0.15, -0.1) is 0 Å². The lowest BCUT2D eigenvalue weighted by atomic mass is 9.87. The molecule has 1 unspecified atom stereocenters. The predicted molar refractivity (Wildman–Crippen MR) is 119 cm³/mol. The van der Waals surface area contributed by atoms with Gasteiger partial charge in [-0.05, 0) is 55.2 Å². The molecule has 2 aromatic carbocycles. The molecule has 0 saturated carbocycles. The second-order valence-electron chi connectivity index (χ2n) is 7.70. The van der Waals surface area contributed by atoms with Gasteiger partial charge >= 0.3 is 5.97 Å². The summed E-state index contributed by atoms with van der Waals surface area (Å²) >= 11 is 12.0. The van der Waals surface area contributed by atoms with Crippen LogP contribution in [0.15, 0.2) is 30.3 Å². The average Bonchev–Trinajstić information content (AvgIpc) is 3.02. The highest BCUT2D eigenvalue weighted by atomic mass is 35.5. The number of carboxylic acid groups (broad SMARTS) is 1. The first-order valence-corrected chi connectivity index (χ1v) is 10.6. The van der Waals surface area contributed by atoms with Crippen LogP contribution in [0.25, 0.3) is 10.9 Å². The van der Waals surface area contributed by atoms with E-state index in [-0.39, 0.29) is 44.4 Å². The summed E-state index contributed by atoms with van der Waals surface area (Å²) in [7, 11) is 0. The number of rotatable bonds is 6. The molecule has 3 rings (SSSR count). The van der Waals surface area contributed by atoms with Crippen LogP contribution < -0.4 is 0 Å². The number of carbonyl (C=O) groups is 2. The zero-order valence-electron chi connectivity index (χ0n) is 17.2. The normalized spacial score (nSPS) is 13.4. The lowest BCUT2D eigenvalue weighted by Crippen LogP contribution is -2.18. The van der Waals surface area contributed by atoms with Crippen molar-refractivity contribution < 1.29 is 24.2 Å². The van der Waals surface area contributed by atoms with Crippen molar-refractivity contribution in [2.24, 2.45) is 5.92 Å². The molecule has 0 aliphatic rings. The Morgan fingerprint density at radius 2 is 1.84 bits per heavy atom. The molecule has 0 bridgehead atoms. The summed E-state index contributed by atoms with van der Waals surface area (Å²) in [5.41, 5.74) is 0.869. The number of aromatic hydroxyl groups is 1. The minimum atomic E-state index is -1.12. The number of carboxylic acids is 1. The van der Waals surface area contributed by atoms with E-state index in [0.717, 1.165) is 12.5 Å². The fourth-order valence-corrected chi connectivity index (χ4v) is 4.14. The second-order valence-corrected chi connectivity index (χ2v) is 8.52. The smallest absolute Gasteiger partial charge is 0.311 e. The van der Waals surface area contributed by atoms with E-state index >= 15 is 4.39 Å². The average molecular weight is 466 g/mol. The molecule has 0 aliphatic carbocycles. The van der Waals surface area contributed by atoms with Crippen LogP contribution in [0.3, 0.4) is 0 Å². The molecule has 0 amide bonds. The van der Waals surface area contributed by atoms with Crippen LogP contribution >= 0.6 is 23.2 Å². The number of hydrogen-bond donors (Lipinski definition) is 2. The Hall–Kier alpha value is -2.57. The molecule has 0 fully saturated rings. The molecule has 0 aliphatic heterocycles. The maximum atomic E-state index is 15.1. The van der Waals surface area contributed by atoms with E-state index in [1.165, 1.54) is 28.8 Å². The molecule has 5 nitrogen and oxygen atoms in total. The van der Waals surface area contributed by atoms with Crippen LogP contribution in [-0.4, -0.2) is 26.7 Å². The van der Waals surface area contributed by atoms with Gasteiger partial charge in [-0.1, -0.05) is 43.5 Å². The molecular formula is C23H22Cl2FNO4. The number of hydrogen-bond acceptors (Lipinski definition) is 3. The minimum Gasteiger partial charge on any atom is -0.505 e. The number of benzene rings is 2. The second kappa shape index (κ2) is 8.89. The molecule has 1 heterocycles. The highest BCUT2D eigenvalue weighted by molar-refractivity contribution is 6.42. The Bertz CT molecular complexity index is 1190. The Kier molecular flexibility index (Phi) is 6.62. The highest BCUT2D eigenvalue weighted by Crippen LogP contribution is 2.40. The zero-order valence-corrected chi connectivity index (χ0v) is 18.8. The molecule has 3 aromatic rings. The van der Waals surface area contributed by atoms with Gasteiger partial charge in [-0.3, -0.25) is 14.2 Å². The summed E-state index contributed by atoms with van der Waals surface area (Å²) in [5.74, 6) is -4.17. The van der Waals surface area contributed by atoms with Gasteiger partial charge in [0.25, 0.3) is 5.91 Å². The maximum Gasteiger partial charge on any atom is 0.311 e. The largest absolute Gasteiger partial charge is 0.505 e. The van der Waals surface area contributed by atoms with E-state index in [1.54, 1.807) is 6.92 Å². The third kappa shape index (κ3) is 4.14. The maximum absolute atomic E-state index is 15.1. The van der Waals surface area contributed by atoms with Crippen LogP contribution in [0, 0.1) is 18.7 Å². The van der Waals surface area contributed by atoms with E-state index in [9.17, 15) is 19.8 Å². The number of aliphatic carboxylic acids is 1. The van der Waals surface area contributed by atoms with E-state index in [1.807, 2.05) is 13.8 Å². The van der Waals surface area contributed by atoms with Crippen molar-refractivity contribution in [3.8, 4) is 5.75 Å². The SMILES string of the molecule is CCC(C)C[C@@H](C(=O)O)c1c(C)n(C(=O)c2ccc(Cl)c(Cl)c2)c2ccc(O)c(F)c12. The molecule has 0 saturated heterocycles. The quantitative estimate of drug-likeness (QED) is 0.441. The molecule has 1 aromatic heterocycles. The standard InChI is InChI=1S/C23H22Cl2FNO4/c1-4-11(2)9-14(23(30)31)19-12(3)27(17-7-8-18(28)21(26)20(17)19)22(29)13-5-6-15(24)16(25)10-13/h5-8,10-11,14,28H,4,9H2,1-3H3,(H,30,31)/t11?,14-/m1/s1. The summed E-state index contributed by atoms with van der Waals surface area (Å²) in [6, 6.07) is 6.92. The van der Waals surface area contributed by atoms with Gasteiger partial charge in [-0.2, -0.15) is 0 Å². The summed E-state index contributed by atoms with van der Waals surface area (Å²) in [6.45, 7) is 5.44. The van der Waals surface area contributed by atoms with Crippen LogP contribution in [0.5, 0.6) is 5.75 Å². The van der Waals surface area contributed by atoms with Crippen LogP contribution in [0.4, 0.5) is 4.39 Å². The van der Waals surface area contributed by atoms with Gasteiger partial charge in [0, 0.05) is 16.6 Å². The summed E-state index contributed by atoms with van der Waals surface area (Å²) in [5, 5.41) is 20.3. The molecule has 8 heteroatoms. The van der Waals surface area contributed by atoms with Gasteiger partial charge in [0.1, 0.15) is 0 Å². The van der Waals surface area contributed by atoms with E-state index < -0.39 is 29.4 Å². The van der Waals surface area contributed by atoms with Crippen LogP contribution in [0.2, 0.25) is 10.0 Å². The Labute approximate surface area is 189 Å². The summed E-state index contributed by atoms with van der Waals surface area (Å²) in [4.78, 5) is 25.5. The topological polar surface area (TPSA) is 79.5 Å². The van der Waals surface area contributed by atoms with Gasteiger partial charge in [0.05, 0.1) is 21.5 Å². The molecule has 0 spiro atoms. The summed E-state index contributed by atoms with van der Waals surface area (Å²) < 4.78 is 16.3. The fourth-order valence-electron chi connectivity index (χ4n) is 3.84. The van der Waals surface area contributed by atoms with Gasteiger partial charge in [0.15, 0.2) is 11.6 Å². The molecule has 2 atom stereocenters. The molecular weight excluding hydrogens is 444 g/mol. The molecule has 164 valence electrons. The number of phenols is 1.